The number of carbonyl (C=O) groups is 1. The second-order valence-corrected chi connectivity index (χ2v) is 4.06. The van der Waals surface area contributed by atoms with Crippen LogP contribution >= 0.6 is 11.6 Å². The normalized spacial score (nSPS) is 15.9. The number of rotatable bonds is 2. The average Bonchev–Trinajstić information content (AvgIpc) is 2.62. The Morgan fingerprint density at radius 1 is 1.57 bits per heavy atom. The number of benzene rings is 1. The molecular weight excluding hydrogens is 200 g/mol. The van der Waals surface area contributed by atoms with Crippen molar-refractivity contribution in [3.8, 4) is 5.75 Å². The Hall–Kier alpha value is -1.02. The van der Waals surface area contributed by atoms with E-state index in [1.54, 1.807) is 13.0 Å². The molecule has 1 atom stereocenters. The molecule has 0 radical (unpaired) electrons. The van der Waals surface area contributed by atoms with Crippen LogP contribution in [0.25, 0.3) is 0 Å². The zero-order valence-electron chi connectivity index (χ0n) is 7.92. The van der Waals surface area contributed by atoms with Gasteiger partial charge in [0.25, 0.3) is 0 Å². The van der Waals surface area contributed by atoms with Crippen molar-refractivity contribution >= 4 is 17.4 Å². The first-order valence-corrected chi connectivity index (χ1v) is 5.06. The minimum atomic E-state index is -0.463. The van der Waals surface area contributed by atoms with Crippen molar-refractivity contribution in [1.29, 1.82) is 0 Å². The van der Waals surface area contributed by atoms with Crippen molar-refractivity contribution in [3.05, 3.63) is 29.3 Å². The molecule has 14 heavy (non-hydrogen) atoms. The van der Waals surface area contributed by atoms with Gasteiger partial charge in [-0.05, 0) is 30.7 Å². The van der Waals surface area contributed by atoms with Gasteiger partial charge < -0.3 is 4.74 Å². The molecule has 3 heteroatoms. The number of hydrogen-bond acceptors (Lipinski definition) is 2. The van der Waals surface area contributed by atoms with E-state index in [9.17, 15) is 4.79 Å². The lowest BCUT2D eigenvalue weighted by Gasteiger charge is -2.04. The standard InChI is InChI=1S/C11H11ClO2/c1-7(12)11(13)9-2-3-10-8(6-9)4-5-14-10/h2-3,6-7H,4-5H2,1H3. The van der Waals surface area contributed by atoms with Gasteiger partial charge in [-0.15, -0.1) is 11.6 Å². The van der Waals surface area contributed by atoms with Crippen molar-refractivity contribution in [2.45, 2.75) is 18.7 Å². The predicted molar refractivity (Wildman–Crippen MR) is 55.3 cm³/mol. The second-order valence-electron chi connectivity index (χ2n) is 3.40. The molecule has 1 heterocycles. The molecule has 74 valence electrons. The molecule has 0 aliphatic carbocycles. The molecule has 1 aliphatic heterocycles. The molecule has 0 aromatic heterocycles. The molecule has 0 saturated carbocycles. The summed E-state index contributed by atoms with van der Waals surface area (Å²) in [5.41, 5.74) is 1.78. The van der Waals surface area contributed by atoms with Crippen LogP contribution in [0.5, 0.6) is 5.75 Å². The summed E-state index contributed by atoms with van der Waals surface area (Å²) in [6.07, 6.45) is 0.882. The molecule has 2 nitrogen and oxygen atoms in total. The zero-order chi connectivity index (χ0) is 10.1. The maximum atomic E-state index is 11.6. The lowest BCUT2D eigenvalue weighted by atomic mass is 10.0. The summed E-state index contributed by atoms with van der Waals surface area (Å²) in [4.78, 5) is 11.6. The quantitative estimate of drug-likeness (QED) is 0.554. The number of hydrogen-bond donors (Lipinski definition) is 0. The number of ketones is 1. The van der Waals surface area contributed by atoms with Crippen molar-refractivity contribution in [1.82, 2.24) is 0 Å². The van der Waals surface area contributed by atoms with Gasteiger partial charge in [-0.3, -0.25) is 4.79 Å². The summed E-state index contributed by atoms with van der Waals surface area (Å²) in [6, 6.07) is 5.49. The lowest BCUT2D eigenvalue weighted by molar-refractivity contribution is 0.0991. The molecule has 1 unspecified atom stereocenters. The van der Waals surface area contributed by atoms with Gasteiger partial charge >= 0.3 is 0 Å². The van der Waals surface area contributed by atoms with Crippen LogP contribution in [-0.4, -0.2) is 17.8 Å². The van der Waals surface area contributed by atoms with Crippen LogP contribution in [0.15, 0.2) is 18.2 Å². The molecule has 2 rings (SSSR count). The van der Waals surface area contributed by atoms with E-state index in [4.69, 9.17) is 16.3 Å². The van der Waals surface area contributed by atoms with Gasteiger partial charge in [0.1, 0.15) is 5.75 Å². The molecule has 0 fully saturated rings. The lowest BCUT2D eigenvalue weighted by Crippen LogP contribution is -2.10. The fraction of sp³-hybridized carbons (Fsp3) is 0.364. The Morgan fingerprint density at radius 2 is 2.36 bits per heavy atom. The van der Waals surface area contributed by atoms with E-state index in [1.807, 2.05) is 12.1 Å². The summed E-state index contributed by atoms with van der Waals surface area (Å²) >= 11 is 5.73. The molecule has 1 aliphatic rings. The van der Waals surface area contributed by atoms with Crippen molar-refractivity contribution in [2.24, 2.45) is 0 Å². The Morgan fingerprint density at radius 3 is 3.07 bits per heavy atom. The SMILES string of the molecule is CC(Cl)C(=O)c1ccc2c(c1)CCO2. The Balaban J connectivity index is 2.33. The third-order valence-corrected chi connectivity index (χ3v) is 2.53. The smallest absolute Gasteiger partial charge is 0.180 e. The number of Topliss-reactive ketones (excluding diaryl/α,β-unsaturated/α-hetero) is 1. The van der Waals surface area contributed by atoms with Crippen molar-refractivity contribution in [3.63, 3.8) is 0 Å². The highest BCUT2D eigenvalue weighted by molar-refractivity contribution is 6.33. The fourth-order valence-electron chi connectivity index (χ4n) is 1.57. The molecule has 0 spiro atoms. The van der Waals surface area contributed by atoms with Crippen molar-refractivity contribution < 1.29 is 9.53 Å². The largest absolute Gasteiger partial charge is 0.493 e. The maximum Gasteiger partial charge on any atom is 0.180 e. The monoisotopic (exact) mass is 210 g/mol. The van der Waals surface area contributed by atoms with E-state index in [2.05, 4.69) is 0 Å². The average molecular weight is 211 g/mol. The van der Waals surface area contributed by atoms with Gasteiger partial charge in [-0.1, -0.05) is 0 Å². The molecule has 0 amide bonds. The van der Waals surface area contributed by atoms with Gasteiger partial charge in [-0.2, -0.15) is 0 Å². The van der Waals surface area contributed by atoms with Crippen LogP contribution in [0.1, 0.15) is 22.8 Å². The highest BCUT2D eigenvalue weighted by atomic mass is 35.5. The minimum Gasteiger partial charge on any atom is -0.493 e. The Labute approximate surface area is 87.8 Å². The van der Waals surface area contributed by atoms with Gasteiger partial charge in [0.15, 0.2) is 5.78 Å². The van der Waals surface area contributed by atoms with Gasteiger partial charge in [-0.25, -0.2) is 0 Å². The van der Waals surface area contributed by atoms with Gasteiger partial charge in [0, 0.05) is 12.0 Å². The molecule has 0 N–H and O–H groups in total. The highest BCUT2D eigenvalue weighted by Gasteiger charge is 2.17. The second kappa shape index (κ2) is 3.62. The third kappa shape index (κ3) is 1.62. The minimum absolute atomic E-state index is 0.0265. The zero-order valence-corrected chi connectivity index (χ0v) is 8.67. The van der Waals surface area contributed by atoms with E-state index in [0.717, 1.165) is 17.7 Å². The predicted octanol–water partition coefficient (Wildman–Crippen LogP) is 2.43. The summed E-state index contributed by atoms with van der Waals surface area (Å²) in [6.45, 7) is 2.40. The van der Waals surface area contributed by atoms with Gasteiger partial charge in [0.2, 0.25) is 0 Å². The highest BCUT2D eigenvalue weighted by Crippen LogP contribution is 2.26. The first kappa shape index (κ1) is 9.53. The van der Waals surface area contributed by atoms with Crippen LogP contribution in [0.3, 0.4) is 0 Å². The van der Waals surface area contributed by atoms with Crippen LogP contribution in [0, 0.1) is 0 Å². The summed E-state index contributed by atoms with van der Waals surface area (Å²) in [5, 5.41) is -0.463. The molecule has 1 aromatic carbocycles. The Bertz CT molecular complexity index is 372. The fourth-order valence-corrected chi connectivity index (χ4v) is 1.70. The molecule has 0 saturated heterocycles. The number of fused-ring (bicyclic) bond motifs is 1. The molecular formula is C11H11ClO2. The van der Waals surface area contributed by atoms with E-state index < -0.39 is 5.38 Å². The topological polar surface area (TPSA) is 26.3 Å². The van der Waals surface area contributed by atoms with Crippen LogP contribution in [0.2, 0.25) is 0 Å². The first-order valence-electron chi connectivity index (χ1n) is 4.62. The van der Waals surface area contributed by atoms with Crippen molar-refractivity contribution in [2.75, 3.05) is 6.61 Å². The van der Waals surface area contributed by atoms with E-state index in [1.165, 1.54) is 0 Å². The summed E-state index contributed by atoms with van der Waals surface area (Å²) < 4.78 is 5.35. The first-order chi connectivity index (χ1) is 6.68. The van der Waals surface area contributed by atoms with E-state index in [0.29, 0.717) is 12.2 Å². The number of halogens is 1. The van der Waals surface area contributed by atoms with Gasteiger partial charge in [0.05, 0.1) is 12.0 Å². The van der Waals surface area contributed by atoms with Crippen LogP contribution in [0.4, 0.5) is 0 Å². The third-order valence-electron chi connectivity index (χ3n) is 2.34. The number of ether oxygens (including phenoxy) is 1. The number of carbonyl (C=O) groups excluding carboxylic acids is 1. The van der Waals surface area contributed by atoms with E-state index >= 15 is 0 Å². The summed E-state index contributed by atoms with van der Waals surface area (Å²) in [7, 11) is 0. The maximum absolute atomic E-state index is 11.6. The Kier molecular flexibility index (Phi) is 2.46. The number of alkyl halides is 1. The van der Waals surface area contributed by atoms with E-state index in [-0.39, 0.29) is 5.78 Å². The van der Waals surface area contributed by atoms with Crippen LogP contribution < -0.4 is 4.74 Å². The molecule has 1 aromatic rings. The summed E-state index contributed by atoms with van der Waals surface area (Å²) in [5.74, 6) is 0.866. The molecule has 0 bridgehead atoms. The van der Waals surface area contributed by atoms with Crippen LogP contribution in [-0.2, 0) is 6.42 Å².